The number of carbonyl (C=O) groups excluding carboxylic acids is 1. The van der Waals surface area contributed by atoms with Crippen LogP contribution in [-0.4, -0.2) is 24.0 Å². The molecule has 0 aromatic carbocycles. The molecule has 5 nitrogen and oxygen atoms in total. The van der Waals surface area contributed by atoms with Crippen LogP contribution in [0.5, 0.6) is 5.88 Å². The summed E-state index contributed by atoms with van der Waals surface area (Å²) in [6, 6.07) is 3.39. The van der Waals surface area contributed by atoms with E-state index in [0.29, 0.717) is 18.8 Å². The number of primary amides is 1. The van der Waals surface area contributed by atoms with Crippen molar-refractivity contribution in [1.82, 2.24) is 10.3 Å². The summed E-state index contributed by atoms with van der Waals surface area (Å²) in [5.74, 6) is 0.245. The maximum atomic E-state index is 11.0. The van der Waals surface area contributed by atoms with E-state index in [-0.39, 0.29) is 11.9 Å². The maximum absolute atomic E-state index is 11.0. The monoisotopic (exact) mass is 223 g/mol. The number of nitrogens with two attached hydrogens (primary N) is 1. The summed E-state index contributed by atoms with van der Waals surface area (Å²) in [5, 5.41) is 3.07. The third-order valence-corrected chi connectivity index (χ3v) is 2.31. The van der Waals surface area contributed by atoms with Gasteiger partial charge >= 0.3 is 0 Å². The zero-order chi connectivity index (χ0) is 12.0. The Balaban J connectivity index is 2.50. The smallest absolute Gasteiger partial charge is 0.234 e. The normalized spacial score (nSPS) is 12.1. The number of rotatable bonds is 6. The van der Waals surface area contributed by atoms with Crippen LogP contribution in [0.25, 0.3) is 0 Å². The number of nitrogens with zero attached hydrogens (tertiary/aromatic N) is 1. The highest BCUT2D eigenvalue weighted by Crippen LogP contribution is 2.06. The number of nitrogens with one attached hydrogen (secondary N) is 1. The second-order valence-corrected chi connectivity index (χ2v) is 3.45. The quantitative estimate of drug-likeness (QED) is 0.733. The van der Waals surface area contributed by atoms with Gasteiger partial charge in [-0.25, -0.2) is 4.98 Å². The third-order valence-electron chi connectivity index (χ3n) is 2.31. The van der Waals surface area contributed by atoms with Gasteiger partial charge < -0.3 is 15.8 Å². The Bertz CT molecular complexity index is 338. The van der Waals surface area contributed by atoms with Crippen LogP contribution in [0.3, 0.4) is 0 Å². The van der Waals surface area contributed by atoms with Crippen molar-refractivity contribution < 1.29 is 9.53 Å². The second-order valence-electron chi connectivity index (χ2n) is 3.45. The molecule has 3 N–H and O–H groups in total. The predicted molar refractivity (Wildman–Crippen MR) is 60.9 cm³/mol. The topological polar surface area (TPSA) is 77.2 Å². The average molecular weight is 223 g/mol. The molecular formula is C11H17N3O2. The van der Waals surface area contributed by atoms with Crippen LogP contribution >= 0.6 is 0 Å². The molecule has 16 heavy (non-hydrogen) atoms. The average Bonchev–Trinajstić information content (AvgIpc) is 2.30. The maximum Gasteiger partial charge on any atom is 0.234 e. The summed E-state index contributed by atoms with van der Waals surface area (Å²) in [5.41, 5.74) is 6.21. The molecule has 0 bridgehead atoms. The Morgan fingerprint density at radius 3 is 2.81 bits per heavy atom. The van der Waals surface area contributed by atoms with Crippen molar-refractivity contribution >= 4 is 5.91 Å². The van der Waals surface area contributed by atoms with Gasteiger partial charge in [-0.3, -0.25) is 4.79 Å². The van der Waals surface area contributed by atoms with Crippen molar-refractivity contribution in [1.29, 1.82) is 0 Å². The fourth-order valence-electron chi connectivity index (χ4n) is 1.32. The molecule has 0 saturated heterocycles. The number of hydrogen-bond donors (Lipinski definition) is 2. The molecule has 1 aromatic heterocycles. The van der Waals surface area contributed by atoms with Gasteiger partial charge in [0.1, 0.15) is 0 Å². The van der Waals surface area contributed by atoms with Gasteiger partial charge in [0.05, 0.1) is 13.2 Å². The molecule has 1 atom stereocenters. The number of hydrogen-bond acceptors (Lipinski definition) is 4. The minimum absolute atomic E-state index is 0.290. The first-order chi connectivity index (χ1) is 7.67. The zero-order valence-electron chi connectivity index (χ0n) is 9.56. The Kier molecular flexibility index (Phi) is 4.72. The second kappa shape index (κ2) is 6.07. The molecule has 1 heterocycles. The first-order valence-corrected chi connectivity index (χ1v) is 5.19. The molecule has 1 rings (SSSR count). The number of amides is 1. The fraction of sp³-hybridized carbons (Fsp3) is 0.455. The number of methoxy groups -OCH3 is 1. The number of carbonyl (C=O) groups is 1. The van der Waals surface area contributed by atoms with E-state index >= 15 is 0 Å². The lowest BCUT2D eigenvalue weighted by Gasteiger charge is -2.12. The van der Waals surface area contributed by atoms with Crippen LogP contribution in [0.4, 0.5) is 0 Å². The van der Waals surface area contributed by atoms with Crippen LogP contribution in [0.1, 0.15) is 18.9 Å². The number of pyridine rings is 1. The standard InChI is InChI=1S/C11H17N3O2/c1-3-9(11(12)15)13-6-8-4-5-10(16-2)14-7-8/h4-5,7,9,13H,3,6H2,1-2H3,(H2,12,15). The van der Waals surface area contributed by atoms with E-state index in [1.165, 1.54) is 0 Å². The van der Waals surface area contributed by atoms with Gasteiger partial charge in [0.25, 0.3) is 0 Å². The van der Waals surface area contributed by atoms with Crippen LogP contribution < -0.4 is 15.8 Å². The minimum Gasteiger partial charge on any atom is -0.481 e. The summed E-state index contributed by atoms with van der Waals surface area (Å²) < 4.78 is 4.95. The molecule has 1 aromatic rings. The lowest BCUT2D eigenvalue weighted by molar-refractivity contribution is -0.120. The number of aromatic nitrogens is 1. The molecule has 0 radical (unpaired) electrons. The molecule has 88 valence electrons. The Hall–Kier alpha value is -1.62. The minimum atomic E-state index is -0.330. The Morgan fingerprint density at radius 1 is 1.62 bits per heavy atom. The van der Waals surface area contributed by atoms with Crippen molar-refractivity contribution in [3.8, 4) is 5.88 Å². The van der Waals surface area contributed by atoms with Crippen molar-refractivity contribution in [2.45, 2.75) is 25.9 Å². The van der Waals surface area contributed by atoms with E-state index in [1.807, 2.05) is 13.0 Å². The van der Waals surface area contributed by atoms with Crippen LogP contribution in [0.2, 0.25) is 0 Å². The lowest BCUT2D eigenvalue weighted by Crippen LogP contribution is -2.40. The highest BCUT2D eigenvalue weighted by Gasteiger charge is 2.11. The highest BCUT2D eigenvalue weighted by atomic mass is 16.5. The molecule has 1 amide bonds. The van der Waals surface area contributed by atoms with E-state index in [1.54, 1.807) is 19.4 Å². The first-order valence-electron chi connectivity index (χ1n) is 5.19. The van der Waals surface area contributed by atoms with Crippen molar-refractivity contribution in [2.75, 3.05) is 7.11 Å². The van der Waals surface area contributed by atoms with E-state index in [2.05, 4.69) is 10.3 Å². The fourth-order valence-corrected chi connectivity index (χ4v) is 1.32. The number of ether oxygens (including phenoxy) is 1. The SMILES string of the molecule is CCC(NCc1ccc(OC)nc1)C(N)=O. The highest BCUT2D eigenvalue weighted by molar-refractivity contribution is 5.79. The van der Waals surface area contributed by atoms with Gasteiger partial charge in [0, 0.05) is 18.8 Å². The van der Waals surface area contributed by atoms with Gasteiger partial charge in [-0.1, -0.05) is 13.0 Å². The largest absolute Gasteiger partial charge is 0.481 e. The van der Waals surface area contributed by atoms with Crippen LogP contribution in [0.15, 0.2) is 18.3 Å². The van der Waals surface area contributed by atoms with E-state index in [0.717, 1.165) is 5.56 Å². The summed E-state index contributed by atoms with van der Waals surface area (Å²) in [7, 11) is 1.57. The molecule has 5 heteroatoms. The molecule has 0 fully saturated rings. The molecule has 0 aliphatic rings. The molecular weight excluding hydrogens is 206 g/mol. The Morgan fingerprint density at radius 2 is 2.38 bits per heavy atom. The van der Waals surface area contributed by atoms with Gasteiger partial charge in [-0.05, 0) is 12.0 Å². The molecule has 0 aliphatic carbocycles. The molecule has 0 saturated carbocycles. The Labute approximate surface area is 95.0 Å². The third kappa shape index (κ3) is 3.51. The van der Waals surface area contributed by atoms with E-state index in [4.69, 9.17) is 10.5 Å². The van der Waals surface area contributed by atoms with Gasteiger partial charge in [0.2, 0.25) is 11.8 Å². The molecule has 0 aliphatic heterocycles. The first kappa shape index (κ1) is 12.4. The molecule has 1 unspecified atom stereocenters. The van der Waals surface area contributed by atoms with E-state index < -0.39 is 0 Å². The van der Waals surface area contributed by atoms with Crippen molar-refractivity contribution in [2.24, 2.45) is 5.73 Å². The van der Waals surface area contributed by atoms with E-state index in [9.17, 15) is 4.79 Å². The van der Waals surface area contributed by atoms with Crippen molar-refractivity contribution in [3.63, 3.8) is 0 Å². The van der Waals surface area contributed by atoms with Gasteiger partial charge in [-0.15, -0.1) is 0 Å². The summed E-state index contributed by atoms with van der Waals surface area (Å²) >= 11 is 0. The predicted octanol–water partition coefficient (Wildman–Crippen LogP) is 0.444. The van der Waals surface area contributed by atoms with Gasteiger partial charge in [0.15, 0.2) is 0 Å². The van der Waals surface area contributed by atoms with Crippen molar-refractivity contribution in [3.05, 3.63) is 23.9 Å². The molecule has 0 spiro atoms. The zero-order valence-corrected chi connectivity index (χ0v) is 9.56. The summed E-state index contributed by atoms with van der Waals surface area (Å²) in [6.45, 7) is 2.48. The summed E-state index contributed by atoms with van der Waals surface area (Å²) in [6.07, 6.45) is 2.39. The van der Waals surface area contributed by atoms with Crippen LogP contribution in [0, 0.1) is 0 Å². The van der Waals surface area contributed by atoms with Gasteiger partial charge in [-0.2, -0.15) is 0 Å². The lowest BCUT2D eigenvalue weighted by atomic mass is 10.2. The van der Waals surface area contributed by atoms with Crippen LogP contribution in [-0.2, 0) is 11.3 Å². The summed E-state index contributed by atoms with van der Waals surface area (Å²) in [4.78, 5) is 15.0.